The van der Waals surface area contributed by atoms with Crippen LogP contribution in [0, 0.1) is 5.82 Å². The highest BCUT2D eigenvalue weighted by atomic mass is 32.1. The predicted molar refractivity (Wildman–Crippen MR) is 154 cm³/mol. The number of hydrogen-bond donors (Lipinski definition) is 2. The zero-order chi connectivity index (χ0) is 29.0. The van der Waals surface area contributed by atoms with E-state index in [2.05, 4.69) is 20.8 Å². The normalized spacial score (nSPS) is 13.0. The summed E-state index contributed by atoms with van der Waals surface area (Å²) >= 11 is 1.52. The number of thiophene rings is 1. The Kier molecular flexibility index (Phi) is 8.46. The number of benzene rings is 2. The second-order valence-electron chi connectivity index (χ2n) is 10.5. The topological polar surface area (TPSA) is 112 Å². The lowest BCUT2D eigenvalue weighted by atomic mass is 9.96. The number of hydrogen-bond acceptors (Lipinski definition) is 8. The third-order valence-electron chi connectivity index (χ3n) is 6.29. The average molecular weight is 579 g/mol. The molecule has 214 valence electrons. The summed E-state index contributed by atoms with van der Waals surface area (Å²) in [5, 5.41) is 17.5. The summed E-state index contributed by atoms with van der Waals surface area (Å²) < 4.78 is 31.7. The lowest BCUT2D eigenvalue weighted by Crippen LogP contribution is -2.34. The molecule has 2 aromatic heterocycles. The van der Waals surface area contributed by atoms with E-state index in [0.717, 1.165) is 32.5 Å². The number of rotatable bonds is 9. The van der Waals surface area contributed by atoms with E-state index in [1.807, 2.05) is 29.6 Å². The van der Waals surface area contributed by atoms with Gasteiger partial charge in [0.05, 0.1) is 24.3 Å². The minimum Gasteiger partial charge on any atom is -0.490 e. The quantitative estimate of drug-likeness (QED) is 0.261. The van der Waals surface area contributed by atoms with Gasteiger partial charge in [0.1, 0.15) is 35.2 Å². The smallest absolute Gasteiger partial charge is 0.407 e. The van der Waals surface area contributed by atoms with Gasteiger partial charge in [-0.25, -0.2) is 9.18 Å². The van der Waals surface area contributed by atoms with Gasteiger partial charge in [0.15, 0.2) is 0 Å². The van der Waals surface area contributed by atoms with Crippen molar-refractivity contribution in [1.29, 1.82) is 0 Å². The Labute approximate surface area is 241 Å². The molecule has 1 aliphatic heterocycles. The fourth-order valence-corrected chi connectivity index (χ4v) is 5.36. The summed E-state index contributed by atoms with van der Waals surface area (Å²) in [5.41, 5.74) is 4.38. The number of alkyl carbamates (subject to hydrolysis) is 1. The summed E-state index contributed by atoms with van der Waals surface area (Å²) in [6, 6.07) is 12.3. The largest absolute Gasteiger partial charge is 0.490 e. The van der Waals surface area contributed by atoms with Crippen LogP contribution in [0.25, 0.3) is 32.6 Å². The van der Waals surface area contributed by atoms with Crippen molar-refractivity contribution in [2.75, 3.05) is 26.4 Å². The Balaban J connectivity index is 1.27. The molecule has 2 aromatic carbocycles. The number of nitrogens with one attached hydrogen (secondary N) is 2. The Morgan fingerprint density at radius 1 is 1.05 bits per heavy atom. The standard InChI is InChI=1S/C30H31FN4O5S/c1-30(2,3)40-29(37)32-9-10-38-11-12-39-24-16-21(31)6-7-22(24)27-28-23(8-13-41-28)26(34-35-27)19-5-4-18-15-25(36)33-17-20(18)14-19/h4-8,13-14,16H,9-12,15,17H2,1-3H3,(H,32,37)(H,33,36). The molecule has 0 aliphatic carbocycles. The average Bonchev–Trinajstić information content (AvgIpc) is 3.41. The van der Waals surface area contributed by atoms with Crippen LogP contribution in [0.5, 0.6) is 5.75 Å². The molecular formula is C30H31FN4O5S. The van der Waals surface area contributed by atoms with E-state index >= 15 is 0 Å². The molecule has 0 saturated heterocycles. The van der Waals surface area contributed by atoms with Crippen LogP contribution in [0.3, 0.4) is 0 Å². The van der Waals surface area contributed by atoms with E-state index in [0.29, 0.717) is 30.0 Å². The third-order valence-corrected chi connectivity index (χ3v) is 7.21. The van der Waals surface area contributed by atoms with Crippen LogP contribution >= 0.6 is 11.3 Å². The number of nitrogens with zero attached hydrogens (tertiary/aromatic N) is 2. The van der Waals surface area contributed by atoms with Crippen LogP contribution < -0.4 is 15.4 Å². The van der Waals surface area contributed by atoms with Crippen molar-refractivity contribution in [3.05, 3.63) is 64.8 Å². The first-order valence-corrected chi connectivity index (χ1v) is 14.2. The third kappa shape index (κ3) is 6.98. The van der Waals surface area contributed by atoms with Crippen LogP contribution in [-0.2, 0) is 27.2 Å². The number of carbonyl (C=O) groups is 2. The molecule has 0 bridgehead atoms. The molecule has 0 spiro atoms. The number of amides is 2. The van der Waals surface area contributed by atoms with Gasteiger partial charge in [-0.1, -0.05) is 12.1 Å². The van der Waals surface area contributed by atoms with Gasteiger partial charge in [-0.15, -0.1) is 21.5 Å². The molecule has 5 rings (SSSR count). The molecule has 0 fully saturated rings. The SMILES string of the molecule is CC(C)(C)OC(=O)NCCOCCOc1cc(F)ccc1-c1nnc(-c2ccc3c(c2)CNC(=O)C3)c2ccsc12. The van der Waals surface area contributed by atoms with Crippen LogP contribution in [0.1, 0.15) is 31.9 Å². The molecule has 11 heteroatoms. The fraction of sp³-hybridized carbons (Fsp3) is 0.333. The highest BCUT2D eigenvalue weighted by molar-refractivity contribution is 7.17. The maximum absolute atomic E-state index is 14.2. The van der Waals surface area contributed by atoms with Crippen molar-refractivity contribution >= 4 is 33.4 Å². The number of carbonyl (C=O) groups excluding carboxylic acids is 2. The molecule has 0 atom stereocenters. The minimum atomic E-state index is -0.567. The molecular weight excluding hydrogens is 547 g/mol. The minimum absolute atomic E-state index is 0.0220. The molecule has 0 radical (unpaired) electrons. The molecule has 2 N–H and O–H groups in total. The van der Waals surface area contributed by atoms with E-state index < -0.39 is 17.5 Å². The molecule has 4 aromatic rings. The maximum Gasteiger partial charge on any atom is 0.407 e. The van der Waals surface area contributed by atoms with Gasteiger partial charge in [0.2, 0.25) is 5.91 Å². The Bertz CT molecular complexity index is 1580. The summed E-state index contributed by atoms with van der Waals surface area (Å²) in [6.45, 7) is 6.85. The predicted octanol–water partition coefficient (Wildman–Crippen LogP) is 5.26. The van der Waals surface area contributed by atoms with Crippen LogP contribution in [-0.4, -0.2) is 54.2 Å². The highest BCUT2D eigenvalue weighted by Crippen LogP contribution is 2.39. The first kappa shape index (κ1) is 28.4. The van der Waals surface area contributed by atoms with Gasteiger partial charge in [-0.05, 0) is 61.5 Å². The highest BCUT2D eigenvalue weighted by Gasteiger charge is 2.20. The lowest BCUT2D eigenvalue weighted by molar-refractivity contribution is -0.121. The first-order chi connectivity index (χ1) is 19.7. The summed E-state index contributed by atoms with van der Waals surface area (Å²) in [6.07, 6.45) is -0.135. The molecule has 1 aliphatic rings. The maximum atomic E-state index is 14.2. The Hall–Kier alpha value is -4.09. The van der Waals surface area contributed by atoms with Gasteiger partial charge >= 0.3 is 6.09 Å². The van der Waals surface area contributed by atoms with E-state index in [-0.39, 0.29) is 32.3 Å². The van der Waals surface area contributed by atoms with E-state index in [4.69, 9.17) is 14.2 Å². The van der Waals surface area contributed by atoms with Crippen molar-refractivity contribution in [2.24, 2.45) is 0 Å². The van der Waals surface area contributed by atoms with Crippen molar-refractivity contribution < 1.29 is 28.2 Å². The molecule has 9 nitrogen and oxygen atoms in total. The van der Waals surface area contributed by atoms with Crippen LogP contribution in [0.15, 0.2) is 47.8 Å². The van der Waals surface area contributed by atoms with Crippen molar-refractivity contribution in [1.82, 2.24) is 20.8 Å². The molecule has 0 saturated carbocycles. The lowest BCUT2D eigenvalue weighted by Gasteiger charge is -2.19. The number of fused-ring (bicyclic) bond motifs is 2. The summed E-state index contributed by atoms with van der Waals surface area (Å²) in [4.78, 5) is 23.4. The Morgan fingerprint density at radius 2 is 1.88 bits per heavy atom. The van der Waals surface area contributed by atoms with Gasteiger partial charge in [-0.2, -0.15) is 0 Å². The fourth-order valence-electron chi connectivity index (χ4n) is 4.47. The summed E-state index contributed by atoms with van der Waals surface area (Å²) in [7, 11) is 0. The van der Waals surface area contributed by atoms with Gasteiger partial charge in [0.25, 0.3) is 0 Å². The molecule has 0 unspecified atom stereocenters. The zero-order valence-electron chi connectivity index (χ0n) is 23.1. The molecule has 41 heavy (non-hydrogen) atoms. The number of ether oxygens (including phenoxy) is 3. The Morgan fingerprint density at radius 3 is 2.71 bits per heavy atom. The van der Waals surface area contributed by atoms with Crippen molar-refractivity contribution in [3.63, 3.8) is 0 Å². The van der Waals surface area contributed by atoms with E-state index in [1.54, 1.807) is 26.8 Å². The van der Waals surface area contributed by atoms with Gasteiger partial charge < -0.3 is 24.8 Å². The van der Waals surface area contributed by atoms with E-state index in [1.165, 1.54) is 23.5 Å². The van der Waals surface area contributed by atoms with Crippen LogP contribution in [0.2, 0.25) is 0 Å². The number of aromatic nitrogens is 2. The zero-order valence-corrected chi connectivity index (χ0v) is 23.9. The molecule has 2 amide bonds. The number of halogens is 1. The molecule has 3 heterocycles. The van der Waals surface area contributed by atoms with Gasteiger partial charge in [0, 0.05) is 35.7 Å². The van der Waals surface area contributed by atoms with Crippen molar-refractivity contribution in [2.45, 2.75) is 39.3 Å². The monoisotopic (exact) mass is 578 g/mol. The van der Waals surface area contributed by atoms with E-state index in [9.17, 15) is 14.0 Å². The summed E-state index contributed by atoms with van der Waals surface area (Å²) in [5.74, 6) is -0.0742. The second kappa shape index (κ2) is 12.2. The van der Waals surface area contributed by atoms with Crippen molar-refractivity contribution in [3.8, 4) is 28.3 Å². The second-order valence-corrected chi connectivity index (χ2v) is 11.4. The van der Waals surface area contributed by atoms with Crippen LogP contribution in [0.4, 0.5) is 9.18 Å². The first-order valence-electron chi connectivity index (χ1n) is 13.3. The van der Waals surface area contributed by atoms with Gasteiger partial charge in [-0.3, -0.25) is 4.79 Å².